The third-order valence-corrected chi connectivity index (χ3v) is 2.06. The van der Waals surface area contributed by atoms with Gasteiger partial charge in [-0.3, -0.25) is 0 Å². The molecule has 0 aromatic heterocycles. The van der Waals surface area contributed by atoms with Crippen LogP contribution in [0.2, 0.25) is 0 Å². The molecule has 0 fully saturated rings. The zero-order valence-corrected chi connectivity index (χ0v) is 10.1. The van der Waals surface area contributed by atoms with Crippen molar-refractivity contribution >= 4 is 12.0 Å². The number of benzene rings is 1. The largest absolute Gasteiger partial charge is 0.487 e. The van der Waals surface area contributed by atoms with Crippen molar-refractivity contribution in [3.05, 3.63) is 29.8 Å². The molecule has 0 bridgehead atoms. The van der Waals surface area contributed by atoms with Gasteiger partial charge in [0.1, 0.15) is 26.6 Å². The Bertz CT molecular complexity index is 446. The Balaban J connectivity index is 2.89. The summed E-state index contributed by atoms with van der Waals surface area (Å²) >= 11 is 0. The number of alkyl halides is 2. The number of rotatable bonds is 8. The molecule has 0 saturated heterocycles. The van der Waals surface area contributed by atoms with Gasteiger partial charge in [-0.05, 0) is 23.8 Å². The van der Waals surface area contributed by atoms with Gasteiger partial charge in [0.15, 0.2) is 11.5 Å². The maximum absolute atomic E-state index is 12.1. The van der Waals surface area contributed by atoms with Gasteiger partial charge in [0.2, 0.25) is 0 Å². The lowest BCUT2D eigenvalue weighted by Gasteiger charge is -2.11. The van der Waals surface area contributed by atoms with Gasteiger partial charge < -0.3 is 14.6 Å². The molecule has 0 spiro atoms. The van der Waals surface area contributed by atoms with Gasteiger partial charge in [-0.2, -0.15) is 0 Å². The van der Waals surface area contributed by atoms with Crippen LogP contribution in [0.15, 0.2) is 24.3 Å². The Morgan fingerprint density at radius 3 is 2.37 bits per heavy atom. The number of ether oxygens (including phenoxy) is 2. The SMILES string of the molecule is O=C(O)/C=C/c1ccc(OCCF)c(OCCF)c1. The molecule has 4 nitrogen and oxygen atoms in total. The molecule has 0 saturated carbocycles. The molecule has 0 radical (unpaired) electrons. The average molecular weight is 272 g/mol. The fraction of sp³-hybridized carbons (Fsp3) is 0.308. The van der Waals surface area contributed by atoms with Crippen molar-refractivity contribution in [3.8, 4) is 11.5 Å². The van der Waals surface area contributed by atoms with E-state index in [1.165, 1.54) is 18.2 Å². The summed E-state index contributed by atoms with van der Waals surface area (Å²) in [5, 5.41) is 8.52. The Hall–Kier alpha value is -2.11. The summed E-state index contributed by atoms with van der Waals surface area (Å²) in [5.74, 6) is -0.541. The van der Waals surface area contributed by atoms with Crippen molar-refractivity contribution in [2.45, 2.75) is 0 Å². The molecule has 0 amide bonds. The molecular formula is C13H14F2O4. The van der Waals surface area contributed by atoms with Crippen molar-refractivity contribution in [2.75, 3.05) is 26.6 Å². The van der Waals surface area contributed by atoms with Crippen LogP contribution in [-0.4, -0.2) is 37.6 Å². The van der Waals surface area contributed by atoms with Gasteiger partial charge in [0.05, 0.1) is 0 Å². The highest BCUT2D eigenvalue weighted by atomic mass is 19.1. The standard InChI is InChI=1S/C13H14F2O4/c14-5-7-18-11-3-1-10(2-4-13(16)17)9-12(11)19-8-6-15/h1-4,9H,5-8H2,(H,16,17)/b4-2+. The topological polar surface area (TPSA) is 55.8 Å². The summed E-state index contributed by atoms with van der Waals surface area (Å²) < 4.78 is 34.4. The van der Waals surface area contributed by atoms with E-state index < -0.39 is 19.3 Å². The second-order valence-electron chi connectivity index (χ2n) is 3.45. The van der Waals surface area contributed by atoms with Crippen molar-refractivity contribution in [1.29, 1.82) is 0 Å². The predicted octanol–water partition coefficient (Wildman–Crippen LogP) is 2.48. The Kier molecular flexibility index (Phi) is 6.35. The second kappa shape index (κ2) is 8.07. The molecule has 1 N–H and O–H groups in total. The molecule has 0 aliphatic carbocycles. The smallest absolute Gasteiger partial charge is 0.328 e. The first-order valence-corrected chi connectivity index (χ1v) is 5.60. The van der Waals surface area contributed by atoms with E-state index >= 15 is 0 Å². The Morgan fingerprint density at radius 2 is 1.79 bits per heavy atom. The zero-order valence-electron chi connectivity index (χ0n) is 10.1. The van der Waals surface area contributed by atoms with Crippen LogP contribution in [0, 0.1) is 0 Å². The first-order valence-electron chi connectivity index (χ1n) is 5.60. The fourth-order valence-corrected chi connectivity index (χ4v) is 1.32. The molecule has 1 rings (SSSR count). The van der Waals surface area contributed by atoms with E-state index in [9.17, 15) is 13.6 Å². The molecule has 0 aliphatic heterocycles. The lowest BCUT2D eigenvalue weighted by Crippen LogP contribution is -2.04. The maximum Gasteiger partial charge on any atom is 0.328 e. The van der Waals surface area contributed by atoms with Crippen molar-refractivity contribution < 1.29 is 28.2 Å². The zero-order chi connectivity index (χ0) is 14.1. The Morgan fingerprint density at radius 1 is 1.16 bits per heavy atom. The van der Waals surface area contributed by atoms with Crippen molar-refractivity contribution in [2.24, 2.45) is 0 Å². The molecule has 0 unspecified atom stereocenters. The van der Waals surface area contributed by atoms with E-state index in [4.69, 9.17) is 14.6 Å². The van der Waals surface area contributed by atoms with E-state index in [0.717, 1.165) is 6.08 Å². The first kappa shape index (κ1) is 14.9. The van der Waals surface area contributed by atoms with Crippen LogP contribution < -0.4 is 9.47 Å². The highest BCUT2D eigenvalue weighted by Gasteiger charge is 2.06. The van der Waals surface area contributed by atoms with Crippen LogP contribution in [0.5, 0.6) is 11.5 Å². The summed E-state index contributed by atoms with van der Waals surface area (Å²) in [5.41, 5.74) is 0.559. The van der Waals surface area contributed by atoms with E-state index in [1.54, 1.807) is 6.07 Å². The fourth-order valence-electron chi connectivity index (χ4n) is 1.32. The van der Waals surface area contributed by atoms with Gasteiger partial charge in [-0.1, -0.05) is 6.07 Å². The molecule has 19 heavy (non-hydrogen) atoms. The van der Waals surface area contributed by atoms with Gasteiger partial charge in [-0.15, -0.1) is 0 Å². The van der Waals surface area contributed by atoms with Gasteiger partial charge in [0.25, 0.3) is 0 Å². The molecule has 0 heterocycles. The maximum atomic E-state index is 12.1. The van der Waals surface area contributed by atoms with Crippen molar-refractivity contribution in [1.82, 2.24) is 0 Å². The molecule has 104 valence electrons. The minimum absolute atomic E-state index is 0.129. The number of carboxylic acid groups (broad SMARTS) is 1. The predicted molar refractivity (Wildman–Crippen MR) is 66.1 cm³/mol. The molecular weight excluding hydrogens is 258 g/mol. The molecule has 0 aliphatic rings. The monoisotopic (exact) mass is 272 g/mol. The summed E-state index contributed by atoms with van der Waals surface area (Å²) in [7, 11) is 0. The van der Waals surface area contributed by atoms with Crippen molar-refractivity contribution in [3.63, 3.8) is 0 Å². The summed E-state index contributed by atoms with van der Waals surface area (Å²) in [6, 6.07) is 4.61. The molecule has 1 aromatic carbocycles. The Labute approximate surface area is 109 Å². The highest BCUT2D eigenvalue weighted by molar-refractivity contribution is 5.85. The van der Waals surface area contributed by atoms with Crippen LogP contribution in [0.1, 0.15) is 5.56 Å². The lowest BCUT2D eigenvalue weighted by atomic mass is 10.2. The van der Waals surface area contributed by atoms with Crippen LogP contribution in [0.3, 0.4) is 0 Å². The number of aliphatic carboxylic acids is 1. The normalized spacial score (nSPS) is 10.6. The van der Waals surface area contributed by atoms with E-state index in [1.807, 2.05) is 0 Å². The second-order valence-corrected chi connectivity index (χ2v) is 3.45. The van der Waals surface area contributed by atoms with E-state index in [0.29, 0.717) is 11.3 Å². The van der Waals surface area contributed by atoms with Gasteiger partial charge >= 0.3 is 5.97 Å². The lowest BCUT2D eigenvalue weighted by molar-refractivity contribution is -0.131. The highest BCUT2D eigenvalue weighted by Crippen LogP contribution is 2.29. The molecule has 0 atom stereocenters. The van der Waals surface area contributed by atoms with Gasteiger partial charge in [0, 0.05) is 6.08 Å². The van der Waals surface area contributed by atoms with Crippen LogP contribution in [0.4, 0.5) is 8.78 Å². The third-order valence-electron chi connectivity index (χ3n) is 2.06. The number of carboxylic acids is 1. The minimum atomic E-state index is -1.08. The number of hydrogen-bond donors (Lipinski definition) is 1. The van der Waals surface area contributed by atoms with Crippen LogP contribution in [0.25, 0.3) is 6.08 Å². The van der Waals surface area contributed by atoms with Crippen LogP contribution in [-0.2, 0) is 4.79 Å². The van der Waals surface area contributed by atoms with Crippen LogP contribution >= 0.6 is 0 Å². The van der Waals surface area contributed by atoms with E-state index in [-0.39, 0.29) is 19.0 Å². The third kappa shape index (κ3) is 5.37. The summed E-state index contributed by atoms with van der Waals surface area (Å²) in [6.45, 7) is -1.60. The first-order chi connectivity index (χ1) is 9.17. The molecule has 1 aromatic rings. The van der Waals surface area contributed by atoms with E-state index in [2.05, 4.69) is 0 Å². The van der Waals surface area contributed by atoms with Gasteiger partial charge in [-0.25, -0.2) is 13.6 Å². The number of hydrogen-bond acceptors (Lipinski definition) is 3. The summed E-state index contributed by atoms with van der Waals surface area (Å²) in [4.78, 5) is 10.4. The number of halogens is 2. The number of carbonyl (C=O) groups is 1. The quantitative estimate of drug-likeness (QED) is 0.739. The average Bonchev–Trinajstić information content (AvgIpc) is 2.41. The summed E-state index contributed by atoms with van der Waals surface area (Å²) in [6.07, 6.45) is 2.33. The minimum Gasteiger partial charge on any atom is -0.487 e. The molecule has 6 heteroatoms.